The van der Waals surface area contributed by atoms with Gasteiger partial charge >= 0.3 is 0 Å². The topological polar surface area (TPSA) is 70.8 Å². The maximum absolute atomic E-state index is 5.73. The summed E-state index contributed by atoms with van der Waals surface area (Å²) in [6, 6.07) is 2.16. The van der Waals surface area contributed by atoms with Crippen molar-refractivity contribution >= 4 is 17.3 Å². The van der Waals surface area contributed by atoms with Gasteiger partial charge in [-0.2, -0.15) is 4.98 Å². The van der Waals surface area contributed by atoms with Crippen molar-refractivity contribution in [2.75, 3.05) is 24.5 Å². The van der Waals surface area contributed by atoms with Crippen LogP contribution in [0.5, 0.6) is 0 Å². The van der Waals surface area contributed by atoms with E-state index < -0.39 is 0 Å². The van der Waals surface area contributed by atoms with E-state index in [2.05, 4.69) is 38.5 Å². The van der Waals surface area contributed by atoms with E-state index in [1.165, 1.54) is 10.4 Å². The molecule has 0 radical (unpaired) electrons. The molecule has 0 bridgehead atoms. The Labute approximate surface area is 123 Å². The molecule has 0 amide bonds. The third-order valence-corrected chi connectivity index (χ3v) is 5.01. The van der Waals surface area contributed by atoms with Crippen LogP contribution in [-0.4, -0.2) is 34.8 Å². The number of aromatic nitrogens is 3. The van der Waals surface area contributed by atoms with Gasteiger partial charge in [0.25, 0.3) is 0 Å². The summed E-state index contributed by atoms with van der Waals surface area (Å²) in [6.07, 6.45) is 3.30. The Morgan fingerprint density at radius 3 is 2.95 bits per heavy atom. The molecule has 5 nitrogen and oxygen atoms in total. The Morgan fingerprint density at radius 1 is 1.45 bits per heavy atom. The van der Waals surface area contributed by atoms with Gasteiger partial charge in [-0.05, 0) is 48.7 Å². The first kappa shape index (κ1) is 13.6. The molecule has 3 rings (SSSR count). The largest absolute Gasteiger partial charge is 0.340 e. The molecule has 0 aromatic carbocycles. The molecule has 0 unspecified atom stereocenters. The maximum atomic E-state index is 5.73. The summed E-state index contributed by atoms with van der Waals surface area (Å²) in [5, 5.41) is 9.59. The predicted molar refractivity (Wildman–Crippen MR) is 83.1 cm³/mol. The molecule has 0 spiro atoms. The van der Waals surface area contributed by atoms with Crippen LogP contribution >= 0.6 is 11.3 Å². The summed E-state index contributed by atoms with van der Waals surface area (Å²) >= 11 is 1.72. The van der Waals surface area contributed by atoms with Crippen molar-refractivity contribution in [1.29, 1.82) is 0 Å². The van der Waals surface area contributed by atoms with Gasteiger partial charge in [0, 0.05) is 13.1 Å². The average molecular weight is 291 g/mol. The van der Waals surface area contributed by atoms with E-state index in [-0.39, 0.29) is 0 Å². The number of nitrogens with zero attached hydrogens (tertiary/aromatic N) is 3. The van der Waals surface area contributed by atoms with Crippen molar-refractivity contribution in [3.8, 4) is 10.7 Å². The summed E-state index contributed by atoms with van der Waals surface area (Å²) in [6.45, 7) is 4.97. The number of aromatic amines is 1. The van der Waals surface area contributed by atoms with E-state index in [0.717, 1.165) is 50.7 Å². The lowest BCUT2D eigenvalue weighted by Crippen LogP contribution is -2.36. The molecule has 3 N–H and O–H groups in total. The van der Waals surface area contributed by atoms with Gasteiger partial charge in [0.15, 0.2) is 5.82 Å². The number of H-pyrrole nitrogens is 1. The molecule has 6 heteroatoms. The minimum Gasteiger partial charge on any atom is -0.340 e. The Hall–Kier alpha value is -1.40. The molecule has 0 atom stereocenters. The zero-order valence-corrected chi connectivity index (χ0v) is 12.6. The van der Waals surface area contributed by atoms with Crippen LogP contribution in [0.1, 0.15) is 25.3 Å². The smallest absolute Gasteiger partial charge is 0.245 e. The van der Waals surface area contributed by atoms with Crippen LogP contribution in [0.3, 0.4) is 0 Å². The van der Waals surface area contributed by atoms with Crippen molar-refractivity contribution in [3.63, 3.8) is 0 Å². The molecule has 3 heterocycles. The lowest BCUT2D eigenvalue weighted by Gasteiger charge is -2.30. The van der Waals surface area contributed by atoms with Crippen molar-refractivity contribution in [2.24, 2.45) is 11.7 Å². The van der Waals surface area contributed by atoms with E-state index >= 15 is 0 Å². The molecule has 108 valence electrons. The number of thiophene rings is 1. The zero-order valence-electron chi connectivity index (χ0n) is 11.8. The number of anilines is 1. The van der Waals surface area contributed by atoms with E-state index in [0.29, 0.717) is 5.92 Å². The van der Waals surface area contributed by atoms with Crippen molar-refractivity contribution in [3.05, 3.63) is 17.0 Å². The second-order valence-corrected chi connectivity index (χ2v) is 6.19. The number of piperidine rings is 1. The fourth-order valence-electron chi connectivity index (χ4n) is 2.69. The van der Waals surface area contributed by atoms with Gasteiger partial charge in [-0.3, -0.25) is 5.10 Å². The van der Waals surface area contributed by atoms with Gasteiger partial charge in [-0.25, -0.2) is 0 Å². The molecule has 1 fully saturated rings. The zero-order chi connectivity index (χ0) is 13.9. The lowest BCUT2D eigenvalue weighted by molar-refractivity contribution is 0.411. The van der Waals surface area contributed by atoms with Crippen molar-refractivity contribution < 1.29 is 0 Å². The Morgan fingerprint density at radius 2 is 2.25 bits per heavy atom. The van der Waals surface area contributed by atoms with Gasteiger partial charge in [-0.15, -0.1) is 16.4 Å². The third-order valence-electron chi connectivity index (χ3n) is 4.05. The number of hydrogen-bond acceptors (Lipinski definition) is 5. The fourth-order valence-corrected chi connectivity index (χ4v) is 3.62. The van der Waals surface area contributed by atoms with Gasteiger partial charge < -0.3 is 10.6 Å². The molecular weight excluding hydrogens is 270 g/mol. The Balaban J connectivity index is 1.74. The van der Waals surface area contributed by atoms with Gasteiger partial charge in [0.2, 0.25) is 5.95 Å². The van der Waals surface area contributed by atoms with Crippen LogP contribution in [-0.2, 0) is 6.42 Å². The van der Waals surface area contributed by atoms with Gasteiger partial charge in [0.1, 0.15) is 0 Å². The summed E-state index contributed by atoms with van der Waals surface area (Å²) in [7, 11) is 0. The van der Waals surface area contributed by atoms with E-state index in [1.54, 1.807) is 11.3 Å². The molecule has 2 aromatic heterocycles. The molecule has 1 saturated heterocycles. The number of aryl methyl sites for hydroxylation is 1. The molecular formula is C14H21N5S. The van der Waals surface area contributed by atoms with E-state index in [9.17, 15) is 0 Å². The number of rotatable bonds is 4. The SMILES string of the molecule is CCc1ccsc1-c1nc(N2CCC(CN)CC2)n[nH]1. The van der Waals surface area contributed by atoms with Crippen LogP contribution in [0.25, 0.3) is 10.7 Å². The predicted octanol–water partition coefficient (Wildman–Crippen LogP) is 2.27. The summed E-state index contributed by atoms with van der Waals surface area (Å²) in [4.78, 5) is 8.14. The second-order valence-electron chi connectivity index (χ2n) is 5.28. The first-order chi connectivity index (χ1) is 9.81. The summed E-state index contributed by atoms with van der Waals surface area (Å²) in [5.41, 5.74) is 7.07. The van der Waals surface area contributed by atoms with Crippen LogP contribution in [0.4, 0.5) is 5.95 Å². The minimum atomic E-state index is 0.661. The minimum absolute atomic E-state index is 0.661. The summed E-state index contributed by atoms with van der Waals surface area (Å²) in [5.74, 6) is 2.38. The fraction of sp³-hybridized carbons (Fsp3) is 0.571. The number of nitrogens with one attached hydrogen (secondary N) is 1. The van der Waals surface area contributed by atoms with Crippen LogP contribution in [0.15, 0.2) is 11.4 Å². The molecule has 20 heavy (non-hydrogen) atoms. The molecule has 2 aromatic rings. The highest BCUT2D eigenvalue weighted by Crippen LogP contribution is 2.29. The van der Waals surface area contributed by atoms with Crippen LogP contribution in [0, 0.1) is 5.92 Å². The standard InChI is InChI=1S/C14H21N5S/c1-2-11-5-8-20-12(11)13-16-14(18-17-13)19-6-3-10(9-15)4-7-19/h5,8,10H,2-4,6-7,9,15H2,1H3,(H,16,17,18). The van der Waals surface area contributed by atoms with E-state index in [4.69, 9.17) is 5.73 Å². The van der Waals surface area contributed by atoms with Crippen molar-refractivity contribution in [2.45, 2.75) is 26.2 Å². The first-order valence-electron chi connectivity index (χ1n) is 7.26. The highest BCUT2D eigenvalue weighted by molar-refractivity contribution is 7.13. The molecule has 1 aliphatic rings. The lowest BCUT2D eigenvalue weighted by atomic mass is 9.97. The monoisotopic (exact) mass is 291 g/mol. The Bertz CT molecular complexity index is 553. The van der Waals surface area contributed by atoms with Crippen LogP contribution in [0.2, 0.25) is 0 Å². The normalized spacial score (nSPS) is 16.8. The van der Waals surface area contributed by atoms with Gasteiger partial charge in [0.05, 0.1) is 4.88 Å². The average Bonchev–Trinajstić information content (AvgIpc) is 3.15. The highest BCUT2D eigenvalue weighted by Gasteiger charge is 2.21. The second kappa shape index (κ2) is 5.93. The third kappa shape index (κ3) is 2.58. The highest BCUT2D eigenvalue weighted by atomic mass is 32.1. The molecule has 0 aliphatic carbocycles. The first-order valence-corrected chi connectivity index (χ1v) is 8.14. The number of nitrogens with two attached hydrogens (primary N) is 1. The van der Waals surface area contributed by atoms with Crippen LogP contribution < -0.4 is 10.6 Å². The quantitative estimate of drug-likeness (QED) is 0.906. The maximum Gasteiger partial charge on any atom is 0.245 e. The van der Waals surface area contributed by atoms with Crippen molar-refractivity contribution in [1.82, 2.24) is 15.2 Å². The van der Waals surface area contributed by atoms with Gasteiger partial charge in [-0.1, -0.05) is 6.92 Å². The Kier molecular flexibility index (Phi) is 4.03. The summed E-state index contributed by atoms with van der Waals surface area (Å²) < 4.78 is 0. The number of hydrogen-bond donors (Lipinski definition) is 2. The molecule has 0 saturated carbocycles. The molecule has 1 aliphatic heterocycles. The van der Waals surface area contributed by atoms with E-state index in [1.807, 2.05) is 0 Å².